The van der Waals surface area contributed by atoms with Gasteiger partial charge in [-0.25, -0.2) is 8.42 Å². The number of sulfonamides is 1. The van der Waals surface area contributed by atoms with Crippen molar-refractivity contribution in [1.29, 1.82) is 0 Å². The van der Waals surface area contributed by atoms with Crippen LogP contribution in [0.3, 0.4) is 0 Å². The van der Waals surface area contributed by atoms with Crippen molar-refractivity contribution in [2.24, 2.45) is 0 Å². The van der Waals surface area contributed by atoms with Crippen LogP contribution < -0.4 is 10.1 Å². The molecule has 2 aromatic carbocycles. The molecule has 242 valence electrons. The van der Waals surface area contributed by atoms with E-state index < -0.39 is 58.9 Å². The fourth-order valence-electron chi connectivity index (χ4n) is 4.63. The lowest BCUT2D eigenvalue weighted by Gasteiger charge is -2.39. The number of carbonyl (C=O) groups is 3. The first-order chi connectivity index (χ1) is 21.2. The van der Waals surface area contributed by atoms with Crippen LogP contribution >= 0.6 is 0 Å². The highest BCUT2D eigenvalue weighted by Crippen LogP contribution is 2.27. The number of tetrazole rings is 1. The minimum absolute atomic E-state index is 0.0717. The lowest BCUT2D eigenvalue weighted by atomic mass is 10.1. The molecule has 1 aliphatic rings. The Bertz CT molecular complexity index is 1610. The summed E-state index contributed by atoms with van der Waals surface area (Å²) in [6.07, 6.45) is -3.62. The topological polar surface area (TPSA) is 177 Å². The molecule has 1 aliphatic heterocycles. The fourth-order valence-corrected chi connectivity index (χ4v) is 6.20. The smallest absolute Gasteiger partial charge is 0.481 e. The molecule has 0 spiro atoms. The molecule has 1 atom stereocenters. The highest BCUT2D eigenvalue weighted by atomic mass is 32.2. The van der Waals surface area contributed by atoms with Crippen molar-refractivity contribution in [3.63, 3.8) is 0 Å². The number of nitrogens with one attached hydrogen (secondary N) is 1. The third kappa shape index (κ3) is 8.98. The van der Waals surface area contributed by atoms with Crippen molar-refractivity contribution < 1.29 is 45.8 Å². The third-order valence-electron chi connectivity index (χ3n) is 6.76. The molecule has 0 saturated carbocycles. The van der Waals surface area contributed by atoms with E-state index in [9.17, 15) is 36.0 Å². The number of ether oxygens (including phenoxy) is 1. The van der Waals surface area contributed by atoms with Gasteiger partial charge < -0.3 is 20.1 Å². The number of amides is 2. The number of nitrogens with zero attached hydrogens (tertiary/aromatic N) is 6. The molecule has 3 aromatic rings. The third-order valence-corrected chi connectivity index (χ3v) is 8.68. The summed E-state index contributed by atoms with van der Waals surface area (Å²) >= 11 is 0. The van der Waals surface area contributed by atoms with Gasteiger partial charge in [-0.3, -0.25) is 14.4 Å². The zero-order chi connectivity index (χ0) is 32.8. The molecule has 1 unspecified atom stereocenters. The summed E-state index contributed by atoms with van der Waals surface area (Å²) in [4.78, 5) is 39.2. The summed E-state index contributed by atoms with van der Waals surface area (Å²) in [6.45, 7) is 0.877. The summed E-state index contributed by atoms with van der Waals surface area (Å²) in [5.41, 5.74) is 1.88. The largest absolute Gasteiger partial charge is 0.573 e. The van der Waals surface area contributed by atoms with Crippen LogP contribution in [0.1, 0.15) is 30.3 Å². The van der Waals surface area contributed by atoms with Crippen LogP contribution in [0.15, 0.2) is 53.4 Å². The van der Waals surface area contributed by atoms with Gasteiger partial charge in [-0.1, -0.05) is 37.6 Å². The maximum absolute atomic E-state index is 13.6. The van der Waals surface area contributed by atoms with Gasteiger partial charge in [-0.2, -0.15) is 9.10 Å². The van der Waals surface area contributed by atoms with Gasteiger partial charge in [-0.15, -0.1) is 23.4 Å². The zero-order valence-electron chi connectivity index (χ0n) is 24.0. The molecule has 0 aliphatic carbocycles. The van der Waals surface area contributed by atoms with Gasteiger partial charge in [0.05, 0.1) is 4.90 Å². The van der Waals surface area contributed by atoms with Crippen LogP contribution in [0.5, 0.6) is 5.75 Å². The number of hydrogen-bond donors (Lipinski definition) is 2. The molecule has 4 rings (SSSR count). The number of alkyl halides is 3. The number of aryl methyl sites for hydroxylation is 1. The Balaban J connectivity index is 1.53. The Morgan fingerprint density at radius 1 is 1.04 bits per heavy atom. The van der Waals surface area contributed by atoms with E-state index in [1.807, 2.05) is 24.3 Å². The number of carboxylic acid groups (broad SMARTS) is 1. The van der Waals surface area contributed by atoms with Crippen LogP contribution in [0.25, 0.3) is 0 Å². The Kier molecular flexibility index (Phi) is 10.4. The molecule has 14 nitrogen and oxygen atoms in total. The van der Waals surface area contributed by atoms with Crippen molar-refractivity contribution in [2.45, 2.75) is 56.6 Å². The molecular weight excluding hydrogens is 623 g/mol. The number of carbonyl (C=O) groups excluding carboxylic acids is 2. The average molecular weight is 654 g/mol. The summed E-state index contributed by atoms with van der Waals surface area (Å²) in [7, 11) is -4.43. The van der Waals surface area contributed by atoms with Crippen LogP contribution in [0.4, 0.5) is 13.2 Å². The number of piperazine rings is 1. The van der Waals surface area contributed by atoms with Crippen LogP contribution in [-0.4, -0.2) is 92.8 Å². The van der Waals surface area contributed by atoms with Gasteiger partial charge in [-0.05, 0) is 47.0 Å². The first-order valence-electron chi connectivity index (χ1n) is 13.7. The van der Waals surface area contributed by atoms with Crippen molar-refractivity contribution in [3.8, 4) is 5.75 Å². The molecular formula is C27H30F3N7O7S. The second kappa shape index (κ2) is 14.0. The molecule has 2 amide bonds. The van der Waals surface area contributed by atoms with Crippen molar-refractivity contribution >= 4 is 27.8 Å². The van der Waals surface area contributed by atoms with E-state index in [0.29, 0.717) is 0 Å². The van der Waals surface area contributed by atoms with Crippen molar-refractivity contribution in [2.75, 3.05) is 19.6 Å². The van der Waals surface area contributed by atoms with Gasteiger partial charge in [0.25, 0.3) is 0 Å². The molecule has 45 heavy (non-hydrogen) atoms. The Hall–Kier alpha value is -4.58. The SMILES string of the molecule is CCCc1ccc(CNC(=O)C2CN(C(=O)Cn3nnc(CC(=O)O)n3)CCN2S(=O)(=O)c2ccc(OC(F)(F)F)cc2)cc1. The lowest BCUT2D eigenvalue weighted by molar-refractivity contribution is -0.274. The lowest BCUT2D eigenvalue weighted by Crippen LogP contribution is -2.61. The molecule has 1 fully saturated rings. The molecule has 2 N–H and O–H groups in total. The second-order valence-electron chi connectivity index (χ2n) is 10.1. The maximum atomic E-state index is 13.6. The second-order valence-corrected chi connectivity index (χ2v) is 12.0. The van der Waals surface area contributed by atoms with Gasteiger partial charge >= 0.3 is 12.3 Å². The minimum atomic E-state index is -4.97. The van der Waals surface area contributed by atoms with Crippen LogP contribution in [0.2, 0.25) is 0 Å². The summed E-state index contributed by atoms with van der Waals surface area (Å²) < 4.78 is 69.7. The van der Waals surface area contributed by atoms with Crippen molar-refractivity contribution in [3.05, 3.63) is 65.5 Å². The van der Waals surface area contributed by atoms with E-state index in [1.165, 1.54) is 4.90 Å². The molecule has 0 bridgehead atoms. The van der Waals surface area contributed by atoms with E-state index in [1.54, 1.807) is 0 Å². The van der Waals surface area contributed by atoms with Crippen LogP contribution in [-0.2, 0) is 50.3 Å². The Labute approximate surface area is 255 Å². The monoisotopic (exact) mass is 653 g/mol. The first-order valence-corrected chi connectivity index (χ1v) is 15.2. The summed E-state index contributed by atoms with van der Waals surface area (Å²) in [5.74, 6) is -3.20. The molecule has 18 heteroatoms. The molecule has 0 radical (unpaired) electrons. The molecule has 1 aromatic heterocycles. The number of halogens is 3. The van der Waals surface area contributed by atoms with Gasteiger partial charge in [0.1, 0.15) is 24.8 Å². The number of hydrogen-bond acceptors (Lipinski definition) is 9. The van der Waals surface area contributed by atoms with Crippen molar-refractivity contribution in [1.82, 2.24) is 34.7 Å². The average Bonchev–Trinajstić information content (AvgIpc) is 3.41. The zero-order valence-corrected chi connectivity index (χ0v) is 24.8. The number of aromatic nitrogens is 4. The van der Waals surface area contributed by atoms with E-state index in [0.717, 1.165) is 57.3 Å². The van der Waals surface area contributed by atoms with E-state index in [4.69, 9.17) is 5.11 Å². The first kappa shape index (κ1) is 33.3. The normalized spacial score (nSPS) is 15.9. The van der Waals surface area contributed by atoms with E-state index >= 15 is 0 Å². The highest BCUT2D eigenvalue weighted by Gasteiger charge is 2.41. The quantitative estimate of drug-likeness (QED) is 0.290. The predicted molar refractivity (Wildman–Crippen MR) is 149 cm³/mol. The predicted octanol–water partition coefficient (Wildman–Crippen LogP) is 1.37. The Morgan fingerprint density at radius 2 is 1.71 bits per heavy atom. The highest BCUT2D eigenvalue weighted by molar-refractivity contribution is 7.89. The number of rotatable bonds is 12. The number of carboxylic acids is 1. The standard InChI is InChI=1S/C27H30F3N7O7S/c1-2-3-18-4-6-19(7-5-18)15-31-26(41)22-16-35(24(38)17-37-33-23(32-34-37)14-25(39)40)12-13-36(22)45(42,43)21-10-8-20(9-11-21)44-27(28,29)30/h4-11,22H,2-3,12-17H2,1H3,(H,31,41)(H,39,40). The molecule has 1 saturated heterocycles. The summed E-state index contributed by atoms with van der Waals surface area (Å²) in [6, 6.07) is 9.70. The van der Waals surface area contributed by atoms with Gasteiger partial charge in [0.15, 0.2) is 5.82 Å². The Morgan fingerprint density at radius 3 is 2.33 bits per heavy atom. The van der Waals surface area contributed by atoms with E-state index in [2.05, 4.69) is 32.4 Å². The fraction of sp³-hybridized carbons (Fsp3) is 0.407. The van der Waals surface area contributed by atoms with E-state index in [-0.39, 0.29) is 36.9 Å². The maximum Gasteiger partial charge on any atom is 0.573 e. The molecule has 2 heterocycles. The minimum Gasteiger partial charge on any atom is -0.481 e. The number of benzene rings is 2. The summed E-state index contributed by atoms with van der Waals surface area (Å²) in [5, 5.41) is 22.7. The van der Waals surface area contributed by atoms with Crippen LogP contribution in [0, 0.1) is 0 Å². The number of aliphatic carboxylic acids is 1. The van der Waals surface area contributed by atoms with Gasteiger partial charge in [0.2, 0.25) is 21.8 Å². The van der Waals surface area contributed by atoms with Gasteiger partial charge in [0, 0.05) is 26.2 Å².